The largest absolute Gasteiger partial charge is 0.381 e. The Labute approximate surface area is 147 Å². The number of nitrogens with one attached hydrogen (secondary N) is 2. The van der Waals surface area contributed by atoms with Crippen molar-refractivity contribution >= 4 is 5.96 Å². The van der Waals surface area contributed by atoms with Crippen molar-refractivity contribution in [2.45, 2.75) is 46.0 Å². The van der Waals surface area contributed by atoms with Crippen molar-refractivity contribution in [3.63, 3.8) is 0 Å². The van der Waals surface area contributed by atoms with Gasteiger partial charge in [-0.2, -0.15) is 0 Å². The number of nitrogens with zero attached hydrogens (tertiary/aromatic N) is 1. The van der Waals surface area contributed by atoms with Gasteiger partial charge in [-0.1, -0.05) is 13.3 Å². The number of unbranched alkanes of at least 4 members (excludes halogenated alkanes) is 1. The van der Waals surface area contributed by atoms with E-state index in [1.54, 1.807) is 0 Å². The molecule has 0 atom stereocenters. The molecular weight excluding hydrogens is 306 g/mol. The van der Waals surface area contributed by atoms with Crippen LogP contribution >= 0.6 is 0 Å². The SMILES string of the molecule is CCCCOCCNC(=NCCCOCC1CCOCC1)NCC. The Bertz CT molecular complexity index is 308. The molecule has 24 heavy (non-hydrogen) atoms. The number of ether oxygens (including phenoxy) is 3. The van der Waals surface area contributed by atoms with E-state index in [4.69, 9.17) is 14.2 Å². The molecule has 1 fully saturated rings. The van der Waals surface area contributed by atoms with Crippen molar-refractivity contribution in [2.75, 3.05) is 59.3 Å². The monoisotopic (exact) mass is 343 g/mol. The van der Waals surface area contributed by atoms with Crippen molar-refractivity contribution in [3.8, 4) is 0 Å². The molecule has 1 aliphatic heterocycles. The fourth-order valence-electron chi connectivity index (χ4n) is 2.45. The maximum Gasteiger partial charge on any atom is 0.191 e. The fourth-order valence-corrected chi connectivity index (χ4v) is 2.45. The highest BCUT2D eigenvalue weighted by Crippen LogP contribution is 2.14. The maximum absolute atomic E-state index is 5.77. The van der Waals surface area contributed by atoms with E-state index in [0.717, 1.165) is 90.9 Å². The van der Waals surface area contributed by atoms with Gasteiger partial charge in [0, 0.05) is 52.7 Å². The molecule has 0 amide bonds. The van der Waals surface area contributed by atoms with Crippen LogP contribution in [0.15, 0.2) is 4.99 Å². The van der Waals surface area contributed by atoms with E-state index in [0.29, 0.717) is 5.92 Å². The zero-order chi connectivity index (χ0) is 17.3. The minimum absolute atomic E-state index is 0.675. The Kier molecular flexibility index (Phi) is 13.8. The molecule has 0 aromatic carbocycles. The van der Waals surface area contributed by atoms with Crippen LogP contribution in [0.4, 0.5) is 0 Å². The quantitative estimate of drug-likeness (QED) is 0.305. The van der Waals surface area contributed by atoms with Crippen LogP contribution in [0.1, 0.15) is 46.0 Å². The molecule has 142 valence electrons. The lowest BCUT2D eigenvalue weighted by atomic mass is 10.0. The van der Waals surface area contributed by atoms with Gasteiger partial charge in [0.25, 0.3) is 0 Å². The summed E-state index contributed by atoms with van der Waals surface area (Å²) in [6.45, 7) is 11.7. The summed E-state index contributed by atoms with van der Waals surface area (Å²) in [6.07, 6.45) is 5.52. The van der Waals surface area contributed by atoms with E-state index in [2.05, 4.69) is 29.5 Å². The molecule has 1 rings (SSSR count). The summed E-state index contributed by atoms with van der Waals surface area (Å²) in [4.78, 5) is 4.57. The van der Waals surface area contributed by atoms with Gasteiger partial charge in [0.1, 0.15) is 0 Å². The molecule has 6 nitrogen and oxygen atoms in total. The van der Waals surface area contributed by atoms with Crippen LogP contribution in [0.25, 0.3) is 0 Å². The normalized spacial score (nSPS) is 16.3. The molecule has 0 bridgehead atoms. The topological polar surface area (TPSA) is 64.1 Å². The van der Waals surface area contributed by atoms with Crippen LogP contribution in [0, 0.1) is 5.92 Å². The minimum Gasteiger partial charge on any atom is -0.381 e. The number of hydrogen-bond acceptors (Lipinski definition) is 4. The Morgan fingerprint density at radius 3 is 2.58 bits per heavy atom. The summed E-state index contributed by atoms with van der Waals surface area (Å²) < 4.78 is 16.7. The summed E-state index contributed by atoms with van der Waals surface area (Å²) in [7, 11) is 0. The van der Waals surface area contributed by atoms with E-state index in [-0.39, 0.29) is 0 Å². The zero-order valence-electron chi connectivity index (χ0n) is 15.6. The summed E-state index contributed by atoms with van der Waals surface area (Å²) >= 11 is 0. The van der Waals surface area contributed by atoms with E-state index in [1.165, 1.54) is 6.42 Å². The van der Waals surface area contributed by atoms with Gasteiger partial charge >= 0.3 is 0 Å². The molecule has 0 saturated carbocycles. The van der Waals surface area contributed by atoms with Gasteiger partial charge in [-0.15, -0.1) is 0 Å². The second-order valence-corrected chi connectivity index (χ2v) is 6.14. The predicted octanol–water partition coefficient (Wildman–Crippen LogP) is 2.19. The highest BCUT2D eigenvalue weighted by atomic mass is 16.5. The van der Waals surface area contributed by atoms with Crippen LogP contribution in [-0.2, 0) is 14.2 Å². The summed E-state index contributed by atoms with van der Waals surface area (Å²) in [5, 5.41) is 6.56. The number of aliphatic imine (C=N–C) groups is 1. The molecule has 2 N–H and O–H groups in total. The summed E-state index contributed by atoms with van der Waals surface area (Å²) in [5.41, 5.74) is 0. The van der Waals surface area contributed by atoms with Gasteiger partial charge in [0.15, 0.2) is 5.96 Å². The molecule has 0 radical (unpaired) electrons. The second kappa shape index (κ2) is 15.7. The number of guanidine groups is 1. The average molecular weight is 344 g/mol. The first-order valence-electron chi connectivity index (χ1n) is 9.62. The van der Waals surface area contributed by atoms with Gasteiger partial charge in [-0.05, 0) is 38.5 Å². The fraction of sp³-hybridized carbons (Fsp3) is 0.944. The first-order valence-corrected chi connectivity index (χ1v) is 9.62. The Balaban J connectivity index is 2.02. The maximum atomic E-state index is 5.77. The third-order valence-corrected chi connectivity index (χ3v) is 3.94. The Hall–Kier alpha value is -0.850. The first-order chi connectivity index (χ1) is 11.9. The zero-order valence-corrected chi connectivity index (χ0v) is 15.6. The van der Waals surface area contributed by atoms with Crippen LogP contribution < -0.4 is 10.6 Å². The highest BCUT2D eigenvalue weighted by Gasteiger charge is 2.13. The van der Waals surface area contributed by atoms with Crippen LogP contribution in [0.3, 0.4) is 0 Å². The molecule has 0 unspecified atom stereocenters. The van der Waals surface area contributed by atoms with Gasteiger partial charge in [0.2, 0.25) is 0 Å². The molecule has 0 spiro atoms. The molecule has 0 aliphatic carbocycles. The number of hydrogen-bond donors (Lipinski definition) is 2. The molecular formula is C18H37N3O3. The lowest BCUT2D eigenvalue weighted by Gasteiger charge is -2.21. The van der Waals surface area contributed by atoms with Gasteiger partial charge in [-0.25, -0.2) is 0 Å². The van der Waals surface area contributed by atoms with Gasteiger partial charge in [-0.3, -0.25) is 4.99 Å². The van der Waals surface area contributed by atoms with E-state index in [1.807, 2.05) is 0 Å². The van der Waals surface area contributed by atoms with Gasteiger partial charge in [0.05, 0.1) is 6.61 Å². The van der Waals surface area contributed by atoms with Crippen molar-refractivity contribution in [2.24, 2.45) is 10.9 Å². The van der Waals surface area contributed by atoms with Crippen molar-refractivity contribution in [1.82, 2.24) is 10.6 Å². The Morgan fingerprint density at radius 2 is 1.83 bits per heavy atom. The van der Waals surface area contributed by atoms with Crippen LogP contribution in [-0.4, -0.2) is 65.2 Å². The van der Waals surface area contributed by atoms with E-state index < -0.39 is 0 Å². The van der Waals surface area contributed by atoms with Crippen molar-refractivity contribution < 1.29 is 14.2 Å². The first kappa shape index (κ1) is 21.2. The van der Waals surface area contributed by atoms with E-state index >= 15 is 0 Å². The molecule has 1 aliphatic rings. The van der Waals surface area contributed by atoms with Crippen molar-refractivity contribution in [3.05, 3.63) is 0 Å². The lowest BCUT2D eigenvalue weighted by molar-refractivity contribution is 0.0205. The number of rotatable bonds is 13. The van der Waals surface area contributed by atoms with Crippen LogP contribution in [0.2, 0.25) is 0 Å². The molecule has 1 saturated heterocycles. The molecule has 6 heteroatoms. The Morgan fingerprint density at radius 1 is 1.04 bits per heavy atom. The third-order valence-electron chi connectivity index (χ3n) is 3.94. The van der Waals surface area contributed by atoms with Crippen LogP contribution in [0.5, 0.6) is 0 Å². The lowest BCUT2D eigenvalue weighted by Crippen LogP contribution is -2.39. The minimum atomic E-state index is 0.675. The van der Waals surface area contributed by atoms with Gasteiger partial charge < -0.3 is 24.8 Å². The highest BCUT2D eigenvalue weighted by molar-refractivity contribution is 5.79. The molecule has 0 aromatic heterocycles. The summed E-state index contributed by atoms with van der Waals surface area (Å²) in [5.74, 6) is 1.54. The summed E-state index contributed by atoms with van der Waals surface area (Å²) in [6, 6.07) is 0. The smallest absolute Gasteiger partial charge is 0.191 e. The second-order valence-electron chi connectivity index (χ2n) is 6.14. The average Bonchev–Trinajstić information content (AvgIpc) is 2.61. The third kappa shape index (κ3) is 11.6. The predicted molar refractivity (Wildman–Crippen MR) is 98.7 cm³/mol. The van der Waals surface area contributed by atoms with E-state index in [9.17, 15) is 0 Å². The standard InChI is InChI=1S/C18H37N3O3/c1-3-5-11-22-15-10-21-18(19-4-2)20-9-6-12-24-16-17-7-13-23-14-8-17/h17H,3-16H2,1-2H3,(H2,19,20,21). The molecule has 0 aromatic rings. The molecule has 1 heterocycles. The van der Waals surface area contributed by atoms with Crippen molar-refractivity contribution in [1.29, 1.82) is 0 Å².